The Kier molecular flexibility index (Phi) is 3.32. The van der Waals surface area contributed by atoms with Crippen molar-refractivity contribution < 1.29 is 8.42 Å². The largest absolute Gasteiger partial charge is 0.218 e. The van der Waals surface area contributed by atoms with Crippen LogP contribution in [0.3, 0.4) is 0 Å². The Labute approximate surface area is 82.2 Å². The van der Waals surface area contributed by atoms with E-state index < -0.39 is 10.0 Å². The third-order valence-corrected chi connectivity index (χ3v) is 3.02. The average Bonchev–Trinajstić information content (AvgIpc) is 2.17. The van der Waals surface area contributed by atoms with Gasteiger partial charge in [0.05, 0.1) is 5.75 Å². The Bertz CT molecular complexity index is 428. The van der Waals surface area contributed by atoms with E-state index in [0.717, 1.165) is 0 Å². The average molecular weight is 214 g/mol. The van der Waals surface area contributed by atoms with Crippen molar-refractivity contribution in [3.05, 3.63) is 34.7 Å². The second-order valence-electron chi connectivity index (χ2n) is 2.72. The molecule has 0 aliphatic carbocycles. The second kappa shape index (κ2) is 4.30. The number of hydrogen-bond acceptors (Lipinski definition) is 4. The summed E-state index contributed by atoms with van der Waals surface area (Å²) in [4.78, 5) is 10.2. The predicted molar refractivity (Wildman–Crippen MR) is 53.6 cm³/mol. The fourth-order valence-electron chi connectivity index (χ4n) is 0.995. The van der Waals surface area contributed by atoms with Crippen LogP contribution in [-0.4, -0.2) is 15.5 Å². The van der Waals surface area contributed by atoms with Crippen molar-refractivity contribution in [2.45, 2.75) is 5.75 Å². The Morgan fingerprint density at radius 2 is 2.14 bits per heavy atom. The summed E-state index contributed by atoms with van der Waals surface area (Å²) in [6, 6.07) is 6.19. The highest BCUT2D eigenvalue weighted by Crippen LogP contribution is 2.14. The molecule has 0 heterocycles. The van der Waals surface area contributed by atoms with E-state index in [1.165, 1.54) is 19.2 Å². The van der Waals surface area contributed by atoms with Gasteiger partial charge >= 0.3 is 0 Å². The van der Waals surface area contributed by atoms with Crippen LogP contribution in [-0.2, 0) is 15.8 Å². The van der Waals surface area contributed by atoms with Gasteiger partial charge in [0.2, 0.25) is 10.0 Å². The number of nitrogens with one attached hydrogen (secondary N) is 1. The molecule has 1 N–H and O–H groups in total. The molecule has 0 radical (unpaired) electrons. The first-order chi connectivity index (χ1) is 6.57. The van der Waals surface area contributed by atoms with Gasteiger partial charge < -0.3 is 0 Å². The Morgan fingerprint density at radius 1 is 1.43 bits per heavy atom. The molecule has 0 saturated carbocycles. The van der Waals surface area contributed by atoms with E-state index in [9.17, 15) is 13.3 Å². The molecule has 1 rings (SSSR count). The molecule has 0 bridgehead atoms. The number of nitrogens with zero attached hydrogens (tertiary/aromatic N) is 1. The van der Waals surface area contributed by atoms with Gasteiger partial charge in [-0.1, -0.05) is 12.1 Å². The van der Waals surface area contributed by atoms with E-state index >= 15 is 0 Å². The SMILES string of the molecule is CNS(=O)(=O)Cc1cccc(N=O)c1. The zero-order valence-electron chi connectivity index (χ0n) is 7.60. The zero-order chi connectivity index (χ0) is 10.6. The van der Waals surface area contributed by atoms with Crippen LogP contribution in [0.1, 0.15) is 5.56 Å². The maximum atomic E-state index is 11.1. The van der Waals surface area contributed by atoms with Gasteiger partial charge in [-0.05, 0) is 29.9 Å². The highest BCUT2D eigenvalue weighted by atomic mass is 32.2. The normalized spacial score (nSPS) is 11.2. The molecule has 76 valence electrons. The standard InChI is InChI=1S/C8H10N2O3S/c1-9-14(12,13)6-7-3-2-4-8(5-7)10-11/h2-5,9H,6H2,1H3. The van der Waals surface area contributed by atoms with Gasteiger partial charge in [0.15, 0.2) is 0 Å². The lowest BCUT2D eigenvalue weighted by Crippen LogP contribution is -2.20. The highest BCUT2D eigenvalue weighted by Gasteiger charge is 2.08. The van der Waals surface area contributed by atoms with Crippen molar-refractivity contribution in [2.75, 3.05) is 7.05 Å². The van der Waals surface area contributed by atoms with E-state index in [4.69, 9.17) is 0 Å². The molecular formula is C8H10N2O3S. The minimum atomic E-state index is -3.29. The molecule has 0 unspecified atom stereocenters. The molecule has 0 saturated heterocycles. The number of nitroso groups, excluding NO2 is 1. The smallest absolute Gasteiger partial charge is 0.215 e. The second-order valence-corrected chi connectivity index (χ2v) is 4.65. The third-order valence-electron chi connectivity index (χ3n) is 1.68. The summed E-state index contributed by atoms with van der Waals surface area (Å²) in [5, 5.41) is 2.72. The molecule has 1 aromatic rings. The summed E-state index contributed by atoms with van der Waals surface area (Å²) in [5.41, 5.74) is 0.769. The summed E-state index contributed by atoms with van der Waals surface area (Å²) in [6.07, 6.45) is 0. The van der Waals surface area contributed by atoms with Gasteiger partial charge in [-0.3, -0.25) is 0 Å². The summed E-state index contributed by atoms with van der Waals surface area (Å²) in [6.45, 7) is 0. The van der Waals surface area contributed by atoms with Crippen LogP contribution in [0, 0.1) is 4.91 Å². The van der Waals surface area contributed by atoms with Crippen molar-refractivity contribution >= 4 is 15.7 Å². The molecule has 0 aliphatic heterocycles. The van der Waals surface area contributed by atoms with Crippen molar-refractivity contribution in [1.29, 1.82) is 0 Å². The Balaban J connectivity index is 2.92. The first kappa shape index (κ1) is 10.8. The number of hydrogen-bond donors (Lipinski definition) is 1. The van der Waals surface area contributed by atoms with Crippen molar-refractivity contribution in [1.82, 2.24) is 4.72 Å². The van der Waals surface area contributed by atoms with Crippen LogP contribution in [0.2, 0.25) is 0 Å². The minimum Gasteiger partial charge on any atom is -0.218 e. The van der Waals surface area contributed by atoms with Crippen LogP contribution >= 0.6 is 0 Å². The quantitative estimate of drug-likeness (QED) is 0.763. The minimum absolute atomic E-state index is 0.146. The lowest BCUT2D eigenvalue weighted by atomic mass is 10.2. The number of benzene rings is 1. The molecule has 1 aromatic carbocycles. The van der Waals surface area contributed by atoms with Crippen molar-refractivity contribution in [3.8, 4) is 0 Å². The van der Waals surface area contributed by atoms with E-state index in [1.807, 2.05) is 0 Å². The first-order valence-corrected chi connectivity index (χ1v) is 5.56. The molecule has 0 fully saturated rings. The van der Waals surface area contributed by atoms with Gasteiger partial charge in [0.1, 0.15) is 5.69 Å². The Hall–Kier alpha value is -1.27. The van der Waals surface area contributed by atoms with E-state index in [2.05, 4.69) is 9.90 Å². The summed E-state index contributed by atoms with van der Waals surface area (Å²) in [7, 11) is -1.95. The molecule has 0 aromatic heterocycles. The zero-order valence-corrected chi connectivity index (χ0v) is 8.41. The van der Waals surface area contributed by atoms with Gasteiger partial charge in [-0.15, -0.1) is 4.91 Å². The van der Waals surface area contributed by atoms with E-state index in [-0.39, 0.29) is 11.4 Å². The van der Waals surface area contributed by atoms with E-state index in [0.29, 0.717) is 5.56 Å². The molecule has 0 spiro atoms. The number of sulfonamides is 1. The van der Waals surface area contributed by atoms with Gasteiger partial charge in [-0.2, -0.15) is 0 Å². The van der Waals surface area contributed by atoms with Crippen LogP contribution in [0.5, 0.6) is 0 Å². The lowest BCUT2D eigenvalue weighted by molar-refractivity contribution is 0.587. The summed E-state index contributed by atoms with van der Waals surface area (Å²) < 4.78 is 24.5. The monoisotopic (exact) mass is 214 g/mol. The molecule has 14 heavy (non-hydrogen) atoms. The molecule has 0 aliphatic rings. The molecule has 0 atom stereocenters. The molecular weight excluding hydrogens is 204 g/mol. The molecule has 6 heteroatoms. The van der Waals surface area contributed by atoms with Gasteiger partial charge in [0.25, 0.3) is 0 Å². The summed E-state index contributed by atoms with van der Waals surface area (Å²) >= 11 is 0. The Morgan fingerprint density at radius 3 is 2.71 bits per heavy atom. The predicted octanol–water partition coefficient (Wildman–Crippen LogP) is 1.13. The van der Waals surface area contributed by atoms with Crippen LogP contribution < -0.4 is 4.72 Å². The van der Waals surface area contributed by atoms with Crippen LogP contribution in [0.15, 0.2) is 29.4 Å². The van der Waals surface area contributed by atoms with Crippen molar-refractivity contribution in [2.24, 2.45) is 5.18 Å². The molecule has 0 amide bonds. The van der Waals surface area contributed by atoms with Gasteiger partial charge in [-0.25, -0.2) is 13.1 Å². The fraction of sp³-hybridized carbons (Fsp3) is 0.250. The fourth-order valence-corrected chi connectivity index (χ4v) is 1.76. The van der Waals surface area contributed by atoms with Crippen LogP contribution in [0.25, 0.3) is 0 Å². The summed E-state index contributed by atoms with van der Waals surface area (Å²) in [5.74, 6) is -0.146. The van der Waals surface area contributed by atoms with Crippen molar-refractivity contribution in [3.63, 3.8) is 0 Å². The molecule has 5 nitrogen and oxygen atoms in total. The van der Waals surface area contributed by atoms with Crippen LogP contribution in [0.4, 0.5) is 5.69 Å². The van der Waals surface area contributed by atoms with E-state index in [1.54, 1.807) is 12.1 Å². The lowest BCUT2D eigenvalue weighted by Gasteiger charge is -2.02. The maximum absolute atomic E-state index is 11.1. The topological polar surface area (TPSA) is 75.6 Å². The maximum Gasteiger partial charge on any atom is 0.215 e. The third kappa shape index (κ3) is 2.90. The van der Waals surface area contributed by atoms with Gasteiger partial charge in [0, 0.05) is 0 Å². The highest BCUT2D eigenvalue weighted by molar-refractivity contribution is 7.88. The first-order valence-electron chi connectivity index (χ1n) is 3.91. The number of rotatable bonds is 4.